The van der Waals surface area contributed by atoms with Gasteiger partial charge in [0.1, 0.15) is 0 Å². The molecule has 6 nitrogen and oxygen atoms in total. The first-order valence-corrected chi connectivity index (χ1v) is 3.89. The van der Waals surface area contributed by atoms with Crippen LogP contribution >= 0.6 is 0 Å². The highest BCUT2D eigenvalue weighted by Gasteiger charge is 2.10. The first-order chi connectivity index (χ1) is 6.63. The molecule has 0 aliphatic rings. The quantitative estimate of drug-likeness (QED) is 0.457. The number of rotatable bonds is 0. The highest BCUT2D eigenvalue weighted by molar-refractivity contribution is 5.81. The van der Waals surface area contributed by atoms with Gasteiger partial charge in [-0.2, -0.15) is 0 Å². The fraction of sp³-hybridized carbons (Fsp3) is 0. The first kappa shape index (κ1) is 13.8. The molecule has 0 fully saturated rings. The van der Waals surface area contributed by atoms with Crippen molar-refractivity contribution >= 4 is 10.8 Å². The van der Waals surface area contributed by atoms with Gasteiger partial charge in [0, 0.05) is 10.8 Å². The highest BCUT2D eigenvalue weighted by Crippen LogP contribution is 2.00. The van der Waals surface area contributed by atoms with E-state index in [0.717, 1.165) is 0 Å². The Hall–Kier alpha value is -2.18. The predicted octanol–water partition coefficient (Wildman–Crippen LogP) is -2.49. The maximum absolute atomic E-state index is 11.2. The van der Waals surface area contributed by atoms with E-state index in [2.05, 4.69) is 0 Å². The van der Waals surface area contributed by atoms with Gasteiger partial charge in [-0.1, -0.05) is 24.3 Å². The van der Waals surface area contributed by atoms with Crippen LogP contribution in [0.3, 0.4) is 0 Å². The van der Waals surface area contributed by atoms with Gasteiger partial charge in [-0.05, 0) is 0 Å². The zero-order chi connectivity index (χ0) is 10.3. The monoisotopic (exact) mass is 224 g/mol. The van der Waals surface area contributed by atoms with Crippen LogP contribution in [0, 0.1) is 0 Å². The maximum atomic E-state index is 11.2. The Morgan fingerprint density at radius 1 is 0.562 bits per heavy atom. The Labute approximate surface area is 87.7 Å². The highest BCUT2D eigenvalue weighted by atomic mass is 16.2. The van der Waals surface area contributed by atoms with Crippen LogP contribution in [0.25, 0.3) is 10.8 Å². The lowest BCUT2D eigenvalue weighted by molar-refractivity contribution is 0.823. The molecule has 0 aliphatic carbocycles. The minimum absolute atomic E-state index is 0. The molecule has 0 heterocycles. The van der Waals surface area contributed by atoms with Gasteiger partial charge in [-0.15, -0.1) is 0 Å². The van der Waals surface area contributed by atoms with Crippen molar-refractivity contribution in [1.29, 1.82) is 0 Å². The summed E-state index contributed by atoms with van der Waals surface area (Å²) in [6, 6.07) is 5.79. The van der Waals surface area contributed by atoms with Gasteiger partial charge in [0.15, 0.2) is 0 Å². The minimum Gasteiger partial charge on any atom is -0.412 e. The second-order valence-electron chi connectivity index (χ2n) is 2.86. The van der Waals surface area contributed by atoms with Gasteiger partial charge in [-0.3, -0.25) is 19.2 Å². The van der Waals surface area contributed by atoms with Crippen molar-refractivity contribution in [2.45, 2.75) is 0 Å². The maximum Gasteiger partial charge on any atom is 0.277 e. The third-order valence-corrected chi connectivity index (χ3v) is 2.04. The molecule has 0 atom stereocenters. The largest absolute Gasteiger partial charge is 0.412 e. The average molecular weight is 224 g/mol. The molecule has 84 valence electrons. The molecule has 2 aromatic carbocycles. The average Bonchev–Trinajstić information content (AvgIpc) is 2.23. The summed E-state index contributed by atoms with van der Waals surface area (Å²) in [4.78, 5) is 44.5. The molecule has 0 bridgehead atoms. The Bertz CT molecular complexity index is 646. The molecule has 6 heteroatoms. The SMILES string of the molecule is O.O.O=c1c(=O)c(=O)c2ccccc2c1=O. The second kappa shape index (κ2) is 4.56. The van der Waals surface area contributed by atoms with Gasteiger partial charge in [-0.25, -0.2) is 0 Å². The van der Waals surface area contributed by atoms with Crippen LogP contribution in [-0.2, 0) is 0 Å². The van der Waals surface area contributed by atoms with E-state index in [1.807, 2.05) is 0 Å². The standard InChI is InChI=1S/C10H4O4.2H2O/c11-7-5-3-1-2-4-6(5)8(12)10(14)9(7)13;;/h1-4H;2*1H2. The minimum atomic E-state index is -1.24. The summed E-state index contributed by atoms with van der Waals surface area (Å²) in [7, 11) is 0. The van der Waals surface area contributed by atoms with E-state index in [1.165, 1.54) is 24.3 Å². The predicted molar refractivity (Wildman–Crippen MR) is 58.6 cm³/mol. The van der Waals surface area contributed by atoms with Crippen LogP contribution in [0.2, 0.25) is 0 Å². The van der Waals surface area contributed by atoms with Gasteiger partial charge in [0.25, 0.3) is 10.9 Å². The van der Waals surface area contributed by atoms with E-state index in [1.54, 1.807) is 0 Å². The third kappa shape index (κ3) is 1.67. The number of hydrogen-bond donors (Lipinski definition) is 0. The van der Waals surface area contributed by atoms with Crippen LogP contribution in [-0.4, -0.2) is 11.0 Å². The summed E-state index contributed by atoms with van der Waals surface area (Å²) in [5.74, 6) is 0. The lowest BCUT2D eigenvalue weighted by atomic mass is 10.1. The lowest BCUT2D eigenvalue weighted by Gasteiger charge is -1.90. The number of benzene rings is 2. The second-order valence-corrected chi connectivity index (χ2v) is 2.86. The Morgan fingerprint density at radius 2 is 0.875 bits per heavy atom. The van der Waals surface area contributed by atoms with Crippen molar-refractivity contribution < 1.29 is 11.0 Å². The summed E-state index contributed by atoms with van der Waals surface area (Å²) in [5.41, 5.74) is -4.28. The first-order valence-electron chi connectivity index (χ1n) is 3.89. The smallest absolute Gasteiger partial charge is 0.277 e. The van der Waals surface area contributed by atoms with Crippen molar-refractivity contribution in [2.75, 3.05) is 0 Å². The molecule has 0 amide bonds. The summed E-state index contributed by atoms with van der Waals surface area (Å²) in [6.45, 7) is 0. The molecule has 0 radical (unpaired) electrons. The fourth-order valence-corrected chi connectivity index (χ4v) is 1.33. The van der Waals surface area contributed by atoms with Crippen molar-refractivity contribution in [3.8, 4) is 0 Å². The molecule has 4 N–H and O–H groups in total. The van der Waals surface area contributed by atoms with E-state index in [-0.39, 0.29) is 21.7 Å². The zero-order valence-corrected chi connectivity index (χ0v) is 7.94. The Balaban J connectivity index is 0.00000112. The normalized spacial score (nSPS) is 9.25. The van der Waals surface area contributed by atoms with E-state index >= 15 is 0 Å². The molecule has 0 saturated heterocycles. The Morgan fingerprint density at radius 3 is 1.19 bits per heavy atom. The van der Waals surface area contributed by atoms with Crippen LogP contribution in [0.1, 0.15) is 0 Å². The summed E-state index contributed by atoms with van der Waals surface area (Å²) in [5, 5.41) is 0.0317. The molecule has 0 aliphatic heterocycles. The van der Waals surface area contributed by atoms with Crippen LogP contribution in [0.5, 0.6) is 0 Å². The molecular weight excluding hydrogens is 216 g/mol. The molecule has 0 spiro atoms. The van der Waals surface area contributed by atoms with Crippen molar-refractivity contribution in [3.63, 3.8) is 0 Å². The molecule has 0 unspecified atom stereocenters. The van der Waals surface area contributed by atoms with E-state index in [4.69, 9.17) is 0 Å². The van der Waals surface area contributed by atoms with Crippen molar-refractivity contribution in [3.05, 3.63) is 65.2 Å². The Kier molecular flexibility index (Phi) is 3.94. The van der Waals surface area contributed by atoms with Crippen LogP contribution in [0.15, 0.2) is 43.4 Å². The van der Waals surface area contributed by atoms with Gasteiger partial charge < -0.3 is 11.0 Å². The summed E-state index contributed by atoms with van der Waals surface area (Å²) < 4.78 is 0. The van der Waals surface area contributed by atoms with Crippen LogP contribution in [0.4, 0.5) is 0 Å². The molecular formula is C10H8O6. The fourth-order valence-electron chi connectivity index (χ4n) is 1.33. The molecule has 2 aromatic rings. The molecule has 2 rings (SSSR count). The number of fused-ring (bicyclic) bond motifs is 1. The number of hydrogen-bond acceptors (Lipinski definition) is 4. The summed E-state index contributed by atoms with van der Waals surface area (Å²) in [6.07, 6.45) is 0. The zero-order valence-electron chi connectivity index (χ0n) is 7.94. The van der Waals surface area contributed by atoms with Gasteiger partial charge in [0.05, 0.1) is 0 Å². The molecule has 16 heavy (non-hydrogen) atoms. The van der Waals surface area contributed by atoms with Gasteiger partial charge >= 0.3 is 0 Å². The van der Waals surface area contributed by atoms with E-state index in [0.29, 0.717) is 0 Å². The van der Waals surface area contributed by atoms with Crippen molar-refractivity contribution in [2.24, 2.45) is 0 Å². The summed E-state index contributed by atoms with van der Waals surface area (Å²) >= 11 is 0. The topological polar surface area (TPSA) is 131 Å². The van der Waals surface area contributed by atoms with E-state index in [9.17, 15) is 19.2 Å². The van der Waals surface area contributed by atoms with Crippen LogP contribution < -0.4 is 21.7 Å². The molecule has 0 aromatic heterocycles. The molecule has 0 saturated carbocycles. The van der Waals surface area contributed by atoms with E-state index < -0.39 is 21.7 Å². The lowest BCUT2D eigenvalue weighted by Crippen LogP contribution is -2.46. The third-order valence-electron chi connectivity index (χ3n) is 2.04. The van der Waals surface area contributed by atoms with Gasteiger partial charge in [0.2, 0.25) is 10.9 Å². The van der Waals surface area contributed by atoms with Crippen molar-refractivity contribution in [1.82, 2.24) is 0 Å².